The van der Waals surface area contributed by atoms with Gasteiger partial charge >= 0.3 is 35.9 Å². The van der Waals surface area contributed by atoms with Crippen LogP contribution in [0, 0.1) is 0 Å². The summed E-state index contributed by atoms with van der Waals surface area (Å²) in [6.07, 6.45) is -2.37. The van der Waals surface area contributed by atoms with Gasteiger partial charge in [-0.3, -0.25) is 29.0 Å². The second kappa shape index (κ2) is 15.1. The molecule has 0 atom stereocenters. The number of nitrogens with zero attached hydrogens (tertiary/aromatic N) is 2. The number of ether oxygens (including phenoxy) is 2. The lowest BCUT2D eigenvalue weighted by Crippen LogP contribution is -2.48. The van der Waals surface area contributed by atoms with E-state index in [4.69, 9.17) is 29.9 Å². The summed E-state index contributed by atoms with van der Waals surface area (Å²) in [5.41, 5.74) is 0.145. The zero-order valence-corrected chi connectivity index (χ0v) is 17.9. The second-order valence-corrected chi connectivity index (χ2v) is 6.78. The number of nitrogens with one attached hydrogen (secondary N) is 1. The Hall–Kier alpha value is -3.72. The fraction of sp³-hybridized carbons (Fsp3) is 0.556. The highest BCUT2D eigenvalue weighted by Crippen LogP contribution is 2.04. The van der Waals surface area contributed by atoms with Crippen molar-refractivity contribution in [3.8, 4) is 0 Å². The molecule has 0 bridgehead atoms. The molecule has 0 heterocycles. The molecule has 0 spiro atoms. The number of rotatable bonds is 17. The molecule has 0 saturated carbocycles. The zero-order valence-electron chi connectivity index (χ0n) is 17.9. The van der Waals surface area contributed by atoms with Crippen molar-refractivity contribution in [3.05, 3.63) is 12.2 Å². The van der Waals surface area contributed by atoms with Crippen molar-refractivity contribution in [1.29, 1.82) is 0 Å². The molecule has 15 heteroatoms. The van der Waals surface area contributed by atoms with Gasteiger partial charge in [-0.15, -0.1) is 0 Å². The Kier molecular flexibility index (Phi) is 13.4. The van der Waals surface area contributed by atoms with Gasteiger partial charge in [0.1, 0.15) is 12.7 Å². The van der Waals surface area contributed by atoms with Gasteiger partial charge in [-0.2, -0.15) is 0 Å². The number of esters is 1. The first kappa shape index (κ1) is 29.3. The van der Waals surface area contributed by atoms with Crippen molar-refractivity contribution < 1.29 is 58.7 Å². The van der Waals surface area contributed by atoms with Gasteiger partial charge in [0.2, 0.25) is 0 Å². The normalized spacial score (nSPS) is 10.7. The van der Waals surface area contributed by atoms with Crippen molar-refractivity contribution in [3.63, 3.8) is 0 Å². The summed E-state index contributed by atoms with van der Waals surface area (Å²) in [4.78, 5) is 69.3. The Morgan fingerprint density at radius 2 is 1.21 bits per heavy atom. The van der Waals surface area contributed by atoms with Crippen LogP contribution in [0.1, 0.15) is 6.92 Å². The number of hydrogen-bond donors (Lipinski definition) is 5. The number of amides is 1. The summed E-state index contributed by atoms with van der Waals surface area (Å²) in [7, 11) is 0. The fourth-order valence-corrected chi connectivity index (χ4v) is 2.46. The first-order valence-electron chi connectivity index (χ1n) is 9.39. The van der Waals surface area contributed by atoms with Crippen molar-refractivity contribution in [2.75, 3.05) is 52.4 Å². The SMILES string of the molecule is C=C(C)C(=O)OCCNC(=O)OC(CN(CC(=O)O)CC(=O)O)CN(CC(=O)O)CC(=O)O. The van der Waals surface area contributed by atoms with E-state index < -0.39 is 81.3 Å². The third kappa shape index (κ3) is 15.7. The summed E-state index contributed by atoms with van der Waals surface area (Å²) < 4.78 is 9.91. The van der Waals surface area contributed by atoms with Crippen LogP contribution >= 0.6 is 0 Å². The summed E-state index contributed by atoms with van der Waals surface area (Å²) in [6.45, 7) is 0.572. The van der Waals surface area contributed by atoms with E-state index in [-0.39, 0.29) is 18.7 Å². The van der Waals surface area contributed by atoms with Crippen LogP contribution < -0.4 is 5.32 Å². The number of carboxylic acids is 4. The molecule has 0 radical (unpaired) electrons. The summed E-state index contributed by atoms with van der Waals surface area (Å²) in [6, 6.07) is 0. The predicted octanol–water partition coefficient (Wildman–Crippen LogP) is -1.86. The minimum Gasteiger partial charge on any atom is -0.480 e. The Balaban J connectivity index is 5.28. The van der Waals surface area contributed by atoms with Crippen LogP contribution in [0.5, 0.6) is 0 Å². The van der Waals surface area contributed by atoms with Crippen LogP contribution in [-0.2, 0) is 33.4 Å². The molecular formula is C18H27N3O12. The van der Waals surface area contributed by atoms with Gasteiger partial charge in [0.15, 0.2) is 0 Å². The van der Waals surface area contributed by atoms with Crippen LogP contribution in [0.3, 0.4) is 0 Å². The first-order valence-corrected chi connectivity index (χ1v) is 9.39. The van der Waals surface area contributed by atoms with E-state index in [1.165, 1.54) is 6.92 Å². The van der Waals surface area contributed by atoms with Crippen molar-refractivity contribution in [1.82, 2.24) is 15.1 Å². The third-order valence-corrected chi connectivity index (χ3v) is 3.59. The predicted molar refractivity (Wildman–Crippen MR) is 107 cm³/mol. The number of carboxylic acid groups (broad SMARTS) is 4. The molecule has 0 unspecified atom stereocenters. The molecule has 1 amide bonds. The van der Waals surface area contributed by atoms with Gasteiger partial charge in [-0.25, -0.2) is 9.59 Å². The van der Waals surface area contributed by atoms with E-state index in [0.29, 0.717) is 0 Å². The highest BCUT2D eigenvalue weighted by molar-refractivity contribution is 5.86. The molecule has 0 saturated heterocycles. The van der Waals surface area contributed by atoms with Crippen LogP contribution in [0.15, 0.2) is 12.2 Å². The van der Waals surface area contributed by atoms with E-state index in [1.54, 1.807) is 0 Å². The van der Waals surface area contributed by atoms with Gasteiger partial charge in [0.05, 0.1) is 32.7 Å². The Bertz CT molecular complexity index is 684. The van der Waals surface area contributed by atoms with E-state index in [9.17, 15) is 28.8 Å². The molecule has 15 nitrogen and oxygen atoms in total. The Morgan fingerprint density at radius 1 is 0.818 bits per heavy atom. The highest BCUT2D eigenvalue weighted by atomic mass is 16.6. The Morgan fingerprint density at radius 3 is 1.55 bits per heavy atom. The quantitative estimate of drug-likeness (QED) is 0.0881. The first-order chi connectivity index (χ1) is 15.3. The van der Waals surface area contributed by atoms with Crippen LogP contribution in [0.25, 0.3) is 0 Å². The third-order valence-electron chi connectivity index (χ3n) is 3.59. The average molecular weight is 477 g/mol. The summed E-state index contributed by atoms with van der Waals surface area (Å²) in [5, 5.41) is 38.1. The summed E-state index contributed by atoms with van der Waals surface area (Å²) >= 11 is 0. The van der Waals surface area contributed by atoms with Crippen LogP contribution in [0.2, 0.25) is 0 Å². The molecular weight excluding hydrogens is 450 g/mol. The topological polar surface area (TPSA) is 220 Å². The molecule has 5 N–H and O–H groups in total. The van der Waals surface area contributed by atoms with Crippen LogP contribution in [0.4, 0.5) is 4.79 Å². The monoisotopic (exact) mass is 477 g/mol. The average Bonchev–Trinajstić information content (AvgIpc) is 2.62. The van der Waals surface area contributed by atoms with Gasteiger partial charge in [-0.05, 0) is 6.92 Å². The number of carbonyl (C=O) groups excluding carboxylic acids is 2. The zero-order chi connectivity index (χ0) is 25.6. The minimum absolute atomic E-state index is 0.145. The molecule has 186 valence electrons. The van der Waals surface area contributed by atoms with Gasteiger partial charge < -0.3 is 35.2 Å². The maximum Gasteiger partial charge on any atom is 0.407 e. The van der Waals surface area contributed by atoms with E-state index in [0.717, 1.165) is 9.80 Å². The molecule has 0 aliphatic carbocycles. The molecule has 33 heavy (non-hydrogen) atoms. The van der Waals surface area contributed by atoms with Gasteiger partial charge in [0.25, 0.3) is 0 Å². The molecule has 0 aromatic rings. The van der Waals surface area contributed by atoms with Crippen molar-refractivity contribution in [2.24, 2.45) is 0 Å². The number of hydrogen-bond acceptors (Lipinski definition) is 10. The molecule has 0 aliphatic heterocycles. The van der Waals surface area contributed by atoms with Crippen LogP contribution in [-0.4, -0.2) is 125 Å². The largest absolute Gasteiger partial charge is 0.480 e. The van der Waals surface area contributed by atoms with Gasteiger partial charge in [0, 0.05) is 18.7 Å². The maximum absolute atomic E-state index is 12.1. The standard InChI is InChI=1S/C18H27N3O12/c1-11(2)17(30)32-4-3-19-18(31)33-12(5-20(7-13(22)23)8-14(24)25)6-21(9-15(26)27)10-16(28)29/h12H,1,3-10H2,2H3,(H,19,31)(H,22,23)(H,24,25)(H,26,27)(H,28,29). The highest BCUT2D eigenvalue weighted by Gasteiger charge is 2.26. The van der Waals surface area contributed by atoms with Gasteiger partial charge in [-0.1, -0.05) is 6.58 Å². The fourth-order valence-electron chi connectivity index (χ4n) is 2.46. The second-order valence-electron chi connectivity index (χ2n) is 6.78. The number of alkyl carbamates (subject to hydrolysis) is 1. The minimum atomic E-state index is -1.37. The lowest BCUT2D eigenvalue weighted by atomic mass is 10.2. The Labute approximate surface area is 188 Å². The lowest BCUT2D eigenvalue weighted by Gasteiger charge is -2.28. The lowest BCUT2D eigenvalue weighted by molar-refractivity contribution is -0.143. The smallest absolute Gasteiger partial charge is 0.407 e. The van der Waals surface area contributed by atoms with E-state index >= 15 is 0 Å². The maximum atomic E-state index is 12.1. The van der Waals surface area contributed by atoms with Crippen molar-refractivity contribution >= 4 is 35.9 Å². The van der Waals surface area contributed by atoms with E-state index in [1.807, 2.05) is 0 Å². The summed E-state index contributed by atoms with van der Waals surface area (Å²) in [5.74, 6) is -6.16. The molecule has 0 aromatic carbocycles. The number of aliphatic carboxylic acids is 4. The number of carbonyl (C=O) groups is 6. The van der Waals surface area contributed by atoms with E-state index in [2.05, 4.69) is 11.9 Å². The molecule has 0 aliphatic rings. The van der Waals surface area contributed by atoms with Crippen molar-refractivity contribution in [2.45, 2.75) is 13.0 Å². The molecule has 0 fully saturated rings. The molecule has 0 aromatic heterocycles. The molecule has 0 rings (SSSR count).